The lowest BCUT2D eigenvalue weighted by atomic mass is 9.99. The van der Waals surface area contributed by atoms with E-state index < -0.39 is 0 Å². The van der Waals surface area contributed by atoms with Gasteiger partial charge >= 0.3 is 0 Å². The van der Waals surface area contributed by atoms with E-state index in [9.17, 15) is 0 Å². The van der Waals surface area contributed by atoms with Crippen molar-refractivity contribution >= 4 is 46.2 Å². The van der Waals surface area contributed by atoms with E-state index in [1.165, 1.54) is 25.7 Å². The third-order valence-corrected chi connectivity index (χ3v) is 3.90. The Morgan fingerprint density at radius 2 is 1.85 bits per heavy atom. The van der Waals surface area contributed by atoms with Crippen molar-refractivity contribution in [3.05, 3.63) is 28.2 Å². The summed E-state index contributed by atoms with van der Waals surface area (Å²) in [5.74, 6) is 0.664. The van der Waals surface area contributed by atoms with Crippen LogP contribution in [0.2, 0.25) is 10.0 Å². The molecule has 0 bridgehead atoms. The average molecular weight is 333 g/mol. The molecule has 1 aromatic carbocycles. The second-order valence-electron chi connectivity index (χ2n) is 4.91. The first-order valence-corrected chi connectivity index (χ1v) is 8.22. The van der Waals surface area contributed by atoms with Gasteiger partial charge in [0.2, 0.25) is 0 Å². The van der Waals surface area contributed by atoms with E-state index >= 15 is 0 Å². The lowest BCUT2D eigenvalue weighted by molar-refractivity contribution is 0.446. The topological polar surface area (TPSA) is 24.1 Å². The van der Waals surface area contributed by atoms with Crippen LogP contribution < -0.4 is 10.6 Å². The van der Waals surface area contributed by atoms with E-state index in [4.69, 9.17) is 35.4 Å². The van der Waals surface area contributed by atoms with E-state index in [1.54, 1.807) is 18.2 Å². The third kappa shape index (κ3) is 6.78. The van der Waals surface area contributed by atoms with Crippen LogP contribution in [0.1, 0.15) is 39.5 Å². The molecule has 0 aliphatic carbocycles. The van der Waals surface area contributed by atoms with Gasteiger partial charge in [0.15, 0.2) is 5.11 Å². The fraction of sp³-hybridized carbons (Fsp3) is 0.533. The van der Waals surface area contributed by atoms with Crippen LogP contribution >= 0.6 is 35.4 Å². The van der Waals surface area contributed by atoms with Crippen LogP contribution in [0.25, 0.3) is 0 Å². The van der Waals surface area contributed by atoms with Crippen LogP contribution in [-0.2, 0) is 0 Å². The van der Waals surface area contributed by atoms with E-state index in [0.29, 0.717) is 21.1 Å². The predicted molar refractivity (Wildman–Crippen MR) is 94.0 cm³/mol. The molecule has 0 fully saturated rings. The minimum absolute atomic E-state index is 0.595. The minimum Gasteiger partial charge on any atom is -0.362 e. The maximum absolute atomic E-state index is 5.95. The van der Waals surface area contributed by atoms with Crippen molar-refractivity contribution < 1.29 is 0 Å². The van der Waals surface area contributed by atoms with Gasteiger partial charge in [-0.05, 0) is 42.8 Å². The van der Waals surface area contributed by atoms with Gasteiger partial charge in [-0.3, -0.25) is 0 Å². The molecular weight excluding hydrogens is 311 g/mol. The fourth-order valence-electron chi connectivity index (χ4n) is 1.98. The molecule has 0 heterocycles. The van der Waals surface area contributed by atoms with Gasteiger partial charge in [0.05, 0.1) is 0 Å². The van der Waals surface area contributed by atoms with E-state index in [1.807, 2.05) is 0 Å². The molecule has 1 aromatic rings. The number of rotatable bonds is 7. The Bertz CT molecular complexity index is 418. The second kappa shape index (κ2) is 9.43. The molecule has 2 N–H and O–H groups in total. The monoisotopic (exact) mass is 332 g/mol. The van der Waals surface area contributed by atoms with Gasteiger partial charge in [-0.15, -0.1) is 0 Å². The lowest BCUT2D eigenvalue weighted by Crippen LogP contribution is -2.32. The number of benzene rings is 1. The third-order valence-electron chi connectivity index (χ3n) is 3.21. The van der Waals surface area contributed by atoms with Crippen molar-refractivity contribution in [2.75, 3.05) is 11.9 Å². The molecule has 1 unspecified atom stereocenters. The lowest BCUT2D eigenvalue weighted by Gasteiger charge is -2.17. The Labute approximate surface area is 137 Å². The number of unbranched alkanes of at least 4 members (excludes halogenated alkanes) is 1. The number of nitrogens with one attached hydrogen (secondary N) is 2. The summed E-state index contributed by atoms with van der Waals surface area (Å²) in [5, 5.41) is 8.17. The number of anilines is 1. The molecule has 0 aromatic heterocycles. The van der Waals surface area contributed by atoms with Crippen LogP contribution in [0, 0.1) is 5.92 Å². The Morgan fingerprint density at radius 1 is 1.20 bits per heavy atom. The molecule has 5 heteroatoms. The van der Waals surface area contributed by atoms with E-state index in [2.05, 4.69) is 24.5 Å². The highest BCUT2D eigenvalue weighted by molar-refractivity contribution is 7.80. The van der Waals surface area contributed by atoms with Gasteiger partial charge in [0.1, 0.15) is 0 Å². The Balaban J connectivity index is 2.42. The zero-order chi connectivity index (χ0) is 15.0. The summed E-state index contributed by atoms with van der Waals surface area (Å²) in [5.41, 5.74) is 0.807. The molecule has 1 atom stereocenters. The molecule has 0 aliphatic heterocycles. The molecule has 0 amide bonds. The molecule has 20 heavy (non-hydrogen) atoms. The highest BCUT2D eigenvalue weighted by atomic mass is 35.5. The maximum Gasteiger partial charge on any atom is 0.170 e. The Hall–Kier alpha value is -0.510. The smallest absolute Gasteiger partial charge is 0.170 e. The summed E-state index contributed by atoms with van der Waals surface area (Å²) >= 11 is 17.2. The van der Waals surface area contributed by atoms with E-state index in [0.717, 1.165) is 12.2 Å². The molecular formula is C15H22Cl2N2S. The molecule has 0 saturated carbocycles. The predicted octanol–water partition coefficient (Wildman–Crippen LogP) is 5.50. The summed E-state index contributed by atoms with van der Waals surface area (Å²) in [7, 11) is 0. The van der Waals surface area contributed by atoms with E-state index in [-0.39, 0.29) is 0 Å². The Kier molecular flexibility index (Phi) is 8.27. The standard InChI is InChI=1S/C15H22Cl2N2S/c1-3-5-6-11(4-2)10-18-15(20)19-14-8-12(16)7-13(17)9-14/h7-9,11H,3-6,10H2,1-2H3,(H2,18,19,20). The van der Waals surface area contributed by atoms with Crippen LogP contribution in [0.5, 0.6) is 0 Å². The fourth-order valence-corrected chi connectivity index (χ4v) is 2.71. The van der Waals surface area contributed by atoms with Crippen molar-refractivity contribution in [3.8, 4) is 0 Å². The highest BCUT2D eigenvalue weighted by Gasteiger charge is 2.07. The van der Waals surface area contributed by atoms with Gasteiger partial charge in [0.25, 0.3) is 0 Å². The summed E-state index contributed by atoms with van der Waals surface area (Å²) in [4.78, 5) is 0. The van der Waals surface area contributed by atoms with Gasteiger partial charge < -0.3 is 10.6 Å². The summed E-state index contributed by atoms with van der Waals surface area (Å²) < 4.78 is 0. The molecule has 112 valence electrons. The average Bonchev–Trinajstić information content (AvgIpc) is 2.37. The molecule has 0 spiro atoms. The summed E-state index contributed by atoms with van der Waals surface area (Å²) in [6.45, 7) is 5.33. The van der Waals surface area contributed by atoms with Crippen LogP contribution in [0.4, 0.5) is 5.69 Å². The number of halogens is 2. The first-order valence-electron chi connectivity index (χ1n) is 7.06. The highest BCUT2D eigenvalue weighted by Crippen LogP contribution is 2.22. The maximum atomic E-state index is 5.95. The van der Waals surface area contributed by atoms with Crippen molar-refractivity contribution in [1.29, 1.82) is 0 Å². The molecule has 2 nitrogen and oxygen atoms in total. The minimum atomic E-state index is 0.595. The van der Waals surface area contributed by atoms with Crippen LogP contribution in [-0.4, -0.2) is 11.7 Å². The second-order valence-corrected chi connectivity index (χ2v) is 6.19. The van der Waals surface area contributed by atoms with Crippen molar-refractivity contribution in [2.45, 2.75) is 39.5 Å². The molecule has 0 saturated heterocycles. The van der Waals surface area contributed by atoms with Gasteiger partial charge in [-0.1, -0.05) is 56.3 Å². The molecule has 1 rings (SSSR count). The zero-order valence-electron chi connectivity index (χ0n) is 12.0. The van der Waals surface area contributed by atoms with Crippen molar-refractivity contribution in [1.82, 2.24) is 5.32 Å². The van der Waals surface area contributed by atoms with Crippen molar-refractivity contribution in [2.24, 2.45) is 5.92 Å². The summed E-state index contributed by atoms with van der Waals surface area (Å²) in [6.07, 6.45) is 4.91. The quantitative estimate of drug-likeness (QED) is 0.645. The molecule has 0 radical (unpaired) electrons. The zero-order valence-corrected chi connectivity index (χ0v) is 14.3. The first-order chi connectivity index (χ1) is 9.55. The van der Waals surface area contributed by atoms with Gasteiger partial charge in [-0.2, -0.15) is 0 Å². The number of hydrogen-bond donors (Lipinski definition) is 2. The largest absolute Gasteiger partial charge is 0.362 e. The normalized spacial score (nSPS) is 12.0. The van der Waals surface area contributed by atoms with Gasteiger partial charge in [-0.25, -0.2) is 0 Å². The van der Waals surface area contributed by atoms with Gasteiger partial charge in [0, 0.05) is 22.3 Å². The van der Waals surface area contributed by atoms with Crippen molar-refractivity contribution in [3.63, 3.8) is 0 Å². The number of hydrogen-bond acceptors (Lipinski definition) is 1. The number of thiocarbonyl (C=S) groups is 1. The van der Waals surface area contributed by atoms with Crippen LogP contribution in [0.3, 0.4) is 0 Å². The SMILES string of the molecule is CCCCC(CC)CNC(=S)Nc1cc(Cl)cc(Cl)c1. The first kappa shape index (κ1) is 17.5. The Morgan fingerprint density at radius 3 is 2.40 bits per heavy atom. The van der Waals surface area contributed by atoms with Crippen LogP contribution in [0.15, 0.2) is 18.2 Å². The molecule has 0 aliphatic rings. The summed E-state index contributed by atoms with van der Waals surface area (Å²) in [6, 6.07) is 5.30.